The predicted octanol–water partition coefficient (Wildman–Crippen LogP) is 2.98. The van der Waals surface area contributed by atoms with Gasteiger partial charge in [-0.15, -0.1) is 11.6 Å². The monoisotopic (exact) mass is 272 g/mol. The lowest BCUT2D eigenvalue weighted by atomic mass is 10.1. The van der Waals surface area contributed by atoms with Crippen molar-refractivity contribution in [3.8, 4) is 0 Å². The number of halogens is 1. The normalized spacial score (nSPS) is 13.7. The molecule has 1 aliphatic heterocycles. The zero-order valence-electron chi connectivity index (χ0n) is 10.3. The number of pyridine rings is 1. The highest BCUT2D eigenvalue weighted by molar-refractivity contribution is 6.16. The van der Waals surface area contributed by atoms with Crippen molar-refractivity contribution in [3.63, 3.8) is 0 Å². The average Bonchev–Trinajstić information content (AvgIpc) is 2.76. The van der Waals surface area contributed by atoms with E-state index in [0.29, 0.717) is 19.0 Å². The van der Waals surface area contributed by atoms with Gasteiger partial charge in [-0.05, 0) is 23.8 Å². The molecule has 96 valence electrons. The van der Waals surface area contributed by atoms with Crippen molar-refractivity contribution in [2.24, 2.45) is 0 Å². The molecule has 3 nitrogen and oxygen atoms in total. The Balaban J connectivity index is 1.81. The minimum Gasteiger partial charge on any atom is -0.328 e. The first-order valence-electron chi connectivity index (χ1n) is 6.16. The fourth-order valence-electron chi connectivity index (χ4n) is 2.33. The van der Waals surface area contributed by atoms with Gasteiger partial charge in [0.15, 0.2) is 0 Å². The largest absolute Gasteiger partial charge is 0.328 e. The van der Waals surface area contributed by atoms with E-state index in [9.17, 15) is 4.79 Å². The first-order chi connectivity index (χ1) is 9.28. The quantitative estimate of drug-likeness (QED) is 0.805. The van der Waals surface area contributed by atoms with Gasteiger partial charge in [0, 0.05) is 12.1 Å². The van der Waals surface area contributed by atoms with Crippen LogP contribution in [0.15, 0.2) is 42.5 Å². The minimum atomic E-state index is 0.0775. The molecule has 1 aliphatic rings. The SMILES string of the molecule is O=C1c2ccccc2CN1Cc1cccc(CCl)n1. The van der Waals surface area contributed by atoms with Crippen LogP contribution in [0.25, 0.3) is 0 Å². The second-order valence-corrected chi connectivity index (χ2v) is 4.84. The van der Waals surface area contributed by atoms with Crippen molar-refractivity contribution in [1.29, 1.82) is 0 Å². The summed E-state index contributed by atoms with van der Waals surface area (Å²) in [5.41, 5.74) is 3.60. The number of fused-ring (bicyclic) bond motifs is 1. The van der Waals surface area contributed by atoms with E-state index in [2.05, 4.69) is 4.98 Å². The zero-order chi connectivity index (χ0) is 13.2. The maximum Gasteiger partial charge on any atom is 0.254 e. The van der Waals surface area contributed by atoms with E-state index in [0.717, 1.165) is 22.5 Å². The molecular formula is C15H13ClN2O. The van der Waals surface area contributed by atoms with Gasteiger partial charge < -0.3 is 4.90 Å². The highest BCUT2D eigenvalue weighted by Gasteiger charge is 2.26. The molecular weight excluding hydrogens is 260 g/mol. The van der Waals surface area contributed by atoms with Crippen molar-refractivity contribution in [1.82, 2.24) is 9.88 Å². The molecule has 0 fully saturated rings. The number of alkyl halides is 1. The van der Waals surface area contributed by atoms with E-state index >= 15 is 0 Å². The average molecular weight is 273 g/mol. The Kier molecular flexibility index (Phi) is 3.22. The van der Waals surface area contributed by atoms with Crippen molar-refractivity contribution in [2.75, 3.05) is 0 Å². The zero-order valence-corrected chi connectivity index (χ0v) is 11.1. The lowest BCUT2D eigenvalue weighted by Gasteiger charge is -2.15. The Morgan fingerprint density at radius 3 is 2.68 bits per heavy atom. The molecule has 4 heteroatoms. The van der Waals surface area contributed by atoms with E-state index in [1.54, 1.807) is 0 Å². The predicted molar refractivity (Wildman–Crippen MR) is 73.8 cm³/mol. The molecule has 19 heavy (non-hydrogen) atoms. The van der Waals surface area contributed by atoms with Crippen molar-refractivity contribution in [3.05, 3.63) is 65.0 Å². The molecule has 0 aliphatic carbocycles. The van der Waals surface area contributed by atoms with Crippen LogP contribution in [0.5, 0.6) is 0 Å². The van der Waals surface area contributed by atoms with Gasteiger partial charge in [0.05, 0.1) is 23.8 Å². The van der Waals surface area contributed by atoms with Crippen molar-refractivity contribution >= 4 is 17.5 Å². The Hall–Kier alpha value is -1.87. The number of nitrogens with zero attached hydrogens (tertiary/aromatic N) is 2. The molecule has 0 radical (unpaired) electrons. The summed E-state index contributed by atoms with van der Waals surface area (Å²) in [5, 5.41) is 0. The Bertz CT molecular complexity index is 627. The first kappa shape index (κ1) is 12.2. The Morgan fingerprint density at radius 2 is 1.89 bits per heavy atom. The standard InChI is InChI=1S/C15H13ClN2O/c16-8-12-5-3-6-13(17-12)10-18-9-11-4-1-2-7-14(11)15(18)19/h1-7H,8-10H2. The van der Waals surface area contributed by atoms with Crippen LogP contribution in [0.1, 0.15) is 27.3 Å². The van der Waals surface area contributed by atoms with Gasteiger partial charge >= 0.3 is 0 Å². The molecule has 0 N–H and O–H groups in total. The molecule has 0 atom stereocenters. The molecule has 0 saturated heterocycles. The summed E-state index contributed by atoms with van der Waals surface area (Å²) >= 11 is 5.77. The van der Waals surface area contributed by atoms with Gasteiger partial charge in [0.1, 0.15) is 0 Å². The molecule has 1 aromatic heterocycles. The van der Waals surface area contributed by atoms with E-state index in [1.807, 2.05) is 47.4 Å². The summed E-state index contributed by atoms with van der Waals surface area (Å²) in [6, 6.07) is 13.5. The van der Waals surface area contributed by atoms with Gasteiger partial charge in [-0.1, -0.05) is 24.3 Å². The summed E-state index contributed by atoms with van der Waals surface area (Å²) < 4.78 is 0. The summed E-state index contributed by atoms with van der Waals surface area (Å²) in [5.74, 6) is 0.468. The molecule has 0 unspecified atom stereocenters. The maximum absolute atomic E-state index is 12.2. The molecule has 0 saturated carbocycles. The fourth-order valence-corrected chi connectivity index (χ4v) is 2.48. The van der Waals surface area contributed by atoms with Crippen LogP contribution in [0.4, 0.5) is 0 Å². The first-order valence-corrected chi connectivity index (χ1v) is 6.69. The van der Waals surface area contributed by atoms with Crippen molar-refractivity contribution < 1.29 is 4.79 Å². The lowest BCUT2D eigenvalue weighted by Crippen LogP contribution is -2.23. The smallest absolute Gasteiger partial charge is 0.254 e. The van der Waals surface area contributed by atoms with Crippen LogP contribution in [-0.2, 0) is 19.0 Å². The molecule has 0 bridgehead atoms. The highest BCUT2D eigenvalue weighted by atomic mass is 35.5. The van der Waals surface area contributed by atoms with E-state index in [1.165, 1.54) is 0 Å². The third-order valence-corrected chi connectivity index (χ3v) is 3.52. The Morgan fingerprint density at radius 1 is 1.11 bits per heavy atom. The third kappa shape index (κ3) is 2.34. The fraction of sp³-hybridized carbons (Fsp3) is 0.200. The molecule has 2 aromatic rings. The number of carbonyl (C=O) groups is 1. The lowest BCUT2D eigenvalue weighted by molar-refractivity contribution is 0.0764. The summed E-state index contributed by atoms with van der Waals surface area (Å²) in [4.78, 5) is 18.5. The topological polar surface area (TPSA) is 33.2 Å². The minimum absolute atomic E-state index is 0.0775. The van der Waals surface area contributed by atoms with Gasteiger partial charge in [0.2, 0.25) is 0 Å². The van der Waals surface area contributed by atoms with Crippen LogP contribution < -0.4 is 0 Å². The van der Waals surface area contributed by atoms with Crippen LogP contribution >= 0.6 is 11.6 Å². The van der Waals surface area contributed by atoms with E-state index < -0.39 is 0 Å². The number of aromatic nitrogens is 1. The van der Waals surface area contributed by atoms with Gasteiger partial charge in [-0.3, -0.25) is 9.78 Å². The molecule has 1 aromatic carbocycles. The number of amides is 1. The van der Waals surface area contributed by atoms with E-state index in [-0.39, 0.29) is 5.91 Å². The summed E-state index contributed by atoms with van der Waals surface area (Å²) in [7, 11) is 0. The van der Waals surface area contributed by atoms with Crippen LogP contribution in [0.2, 0.25) is 0 Å². The number of benzene rings is 1. The number of hydrogen-bond acceptors (Lipinski definition) is 2. The number of hydrogen-bond donors (Lipinski definition) is 0. The third-order valence-electron chi connectivity index (χ3n) is 3.25. The van der Waals surface area contributed by atoms with Crippen molar-refractivity contribution in [2.45, 2.75) is 19.0 Å². The summed E-state index contributed by atoms with van der Waals surface area (Å²) in [6.07, 6.45) is 0. The van der Waals surface area contributed by atoms with Gasteiger partial charge in [0.25, 0.3) is 5.91 Å². The van der Waals surface area contributed by atoms with Crippen LogP contribution in [0.3, 0.4) is 0 Å². The van der Waals surface area contributed by atoms with Crippen LogP contribution in [0, 0.1) is 0 Å². The van der Waals surface area contributed by atoms with Gasteiger partial charge in [-0.25, -0.2) is 0 Å². The second-order valence-electron chi connectivity index (χ2n) is 4.57. The molecule has 0 spiro atoms. The maximum atomic E-state index is 12.2. The number of carbonyl (C=O) groups excluding carboxylic acids is 1. The van der Waals surface area contributed by atoms with E-state index in [4.69, 9.17) is 11.6 Å². The molecule has 1 amide bonds. The number of rotatable bonds is 3. The summed E-state index contributed by atoms with van der Waals surface area (Å²) in [6.45, 7) is 1.18. The second kappa shape index (κ2) is 5.02. The van der Waals surface area contributed by atoms with Gasteiger partial charge in [-0.2, -0.15) is 0 Å². The Labute approximate surface area is 116 Å². The van der Waals surface area contributed by atoms with Crippen LogP contribution in [-0.4, -0.2) is 15.8 Å². The molecule has 3 rings (SSSR count). The highest BCUT2D eigenvalue weighted by Crippen LogP contribution is 2.23. The molecule has 2 heterocycles.